The van der Waals surface area contributed by atoms with E-state index in [1.54, 1.807) is 24.1 Å². The van der Waals surface area contributed by atoms with E-state index in [0.29, 0.717) is 13.0 Å². The van der Waals surface area contributed by atoms with Crippen molar-refractivity contribution in [3.63, 3.8) is 0 Å². The summed E-state index contributed by atoms with van der Waals surface area (Å²) in [7, 11) is 1.77. The number of carbonyl (C=O) groups excluding carboxylic acids is 1. The summed E-state index contributed by atoms with van der Waals surface area (Å²) in [6.45, 7) is 0.473. The van der Waals surface area contributed by atoms with Gasteiger partial charge >= 0.3 is 0 Å². The lowest BCUT2D eigenvalue weighted by Gasteiger charge is -2.17. The molecule has 0 aliphatic heterocycles. The largest absolute Gasteiger partial charge is 0.341 e. The van der Waals surface area contributed by atoms with Crippen LogP contribution < -0.4 is 0 Å². The fourth-order valence-corrected chi connectivity index (χ4v) is 2.71. The molecule has 0 radical (unpaired) electrons. The summed E-state index contributed by atoms with van der Waals surface area (Å²) < 4.78 is 12.9. The molecule has 0 aliphatic rings. The zero-order valence-corrected chi connectivity index (χ0v) is 14.2. The molecule has 3 rings (SSSR count). The van der Waals surface area contributed by atoms with Gasteiger partial charge in [0.15, 0.2) is 0 Å². The fraction of sp³-hybridized carbons (Fsp3) is 0.136. The van der Waals surface area contributed by atoms with Crippen molar-refractivity contribution in [1.82, 2.24) is 4.90 Å². The van der Waals surface area contributed by atoms with E-state index in [2.05, 4.69) is 12.1 Å². The van der Waals surface area contributed by atoms with Crippen LogP contribution in [0.1, 0.15) is 11.1 Å². The lowest BCUT2D eigenvalue weighted by molar-refractivity contribution is -0.129. The maximum Gasteiger partial charge on any atom is 0.227 e. The molecule has 0 aliphatic carbocycles. The Morgan fingerprint density at radius 3 is 2.00 bits per heavy atom. The average Bonchev–Trinajstić information content (AvgIpc) is 2.65. The van der Waals surface area contributed by atoms with Crippen molar-refractivity contribution in [2.75, 3.05) is 7.05 Å². The number of amides is 1. The summed E-state index contributed by atoms with van der Waals surface area (Å²) in [6, 6.07) is 24.4. The summed E-state index contributed by atoms with van der Waals surface area (Å²) in [5.74, 6) is -0.229. The van der Waals surface area contributed by atoms with Gasteiger partial charge in [-0.2, -0.15) is 0 Å². The Labute approximate surface area is 147 Å². The first-order chi connectivity index (χ1) is 12.1. The predicted molar refractivity (Wildman–Crippen MR) is 98.5 cm³/mol. The van der Waals surface area contributed by atoms with Crippen LogP contribution in [-0.4, -0.2) is 17.9 Å². The van der Waals surface area contributed by atoms with Crippen LogP contribution in [0.5, 0.6) is 0 Å². The first-order valence-corrected chi connectivity index (χ1v) is 8.24. The van der Waals surface area contributed by atoms with Crippen molar-refractivity contribution in [3.8, 4) is 11.1 Å². The zero-order chi connectivity index (χ0) is 17.6. The Morgan fingerprint density at radius 2 is 1.36 bits per heavy atom. The minimum absolute atomic E-state index is 0.0387. The van der Waals surface area contributed by atoms with Crippen molar-refractivity contribution in [2.24, 2.45) is 0 Å². The van der Waals surface area contributed by atoms with E-state index in [-0.39, 0.29) is 11.7 Å². The highest BCUT2D eigenvalue weighted by Gasteiger charge is 2.10. The van der Waals surface area contributed by atoms with Crippen molar-refractivity contribution < 1.29 is 9.18 Å². The molecule has 0 fully saturated rings. The van der Waals surface area contributed by atoms with E-state index >= 15 is 0 Å². The summed E-state index contributed by atoms with van der Waals surface area (Å²) >= 11 is 0. The van der Waals surface area contributed by atoms with E-state index in [4.69, 9.17) is 0 Å². The Bertz CT molecular complexity index is 826. The number of benzene rings is 3. The Morgan fingerprint density at radius 1 is 0.800 bits per heavy atom. The Balaban J connectivity index is 1.61. The highest BCUT2D eigenvalue weighted by Crippen LogP contribution is 2.19. The van der Waals surface area contributed by atoms with Gasteiger partial charge in [0.1, 0.15) is 5.82 Å². The van der Waals surface area contributed by atoms with Crippen molar-refractivity contribution in [3.05, 3.63) is 95.8 Å². The number of halogens is 1. The monoisotopic (exact) mass is 333 g/mol. The second-order valence-electron chi connectivity index (χ2n) is 6.12. The Hall–Kier alpha value is -2.94. The molecule has 0 heterocycles. The van der Waals surface area contributed by atoms with Crippen LogP contribution in [0.3, 0.4) is 0 Å². The molecule has 0 spiro atoms. The quantitative estimate of drug-likeness (QED) is 0.663. The third kappa shape index (κ3) is 4.54. The lowest BCUT2D eigenvalue weighted by atomic mass is 10.0. The summed E-state index contributed by atoms with van der Waals surface area (Å²) in [5, 5.41) is 0. The molecular weight excluding hydrogens is 313 g/mol. The number of carbonyl (C=O) groups is 1. The molecule has 25 heavy (non-hydrogen) atoms. The molecule has 3 aromatic rings. The summed E-state index contributed by atoms with van der Waals surface area (Å²) in [4.78, 5) is 14.1. The molecule has 0 aromatic heterocycles. The van der Waals surface area contributed by atoms with Crippen LogP contribution in [0.25, 0.3) is 11.1 Å². The van der Waals surface area contributed by atoms with Gasteiger partial charge in [-0.1, -0.05) is 66.7 Å². The summed E-state index contributed by atoms with van der Waals surface area (Å²) in [5.41, 5.74) is 4.19. The van der Waals surface area contributed by atoms with Gasteiger partial charge in [-0.05, 0) is 34.4 Å². The van der Waals surface area contributed by atoms with E-state index in [1.807, 2.05) is 42.5 Å². The fourth-order valence-electron chi connectivity index (χ4n) is 2.71. The number of likely N-dealkylation sites (N-methyl/N-ethyl adjacent to an activating group) is 1. The van der Waals surface area contributed by atoms with Gasteiger partial charge in [-0.25, -0.2) is 4.39 Å². The van der Waals surface area contributed by atoms with Gasteiger partial charge < -0.3 is 4.90 Å². The standard InChI is InChI=1S/C22H20FNO/c1-24(16-18-9-13-21(23)14-10-18)22(25)15-17-7-11-20(12-8-17)19-5-3-2-4-6-19/h2-14H,15-16H2,1H3. The molecule has 0 saturated heterocycles. The summed E-state index contributed by atoms with van der Waals surface area (Å²) in [6.07, 6.45) is 0.354. The molecule has 0 unspecified atom stereocenters. The van der Waals surface area contributed by atoms with Gasteiger partial charge in [-0.3, -0.25) is 4.79 Å². The lowest BCUT2D eigenvalue weighted by Crippen LogP contribution is -2.27. The molecule has 0 atom stereocenters. The van der Waals surface area contributed by atoms with Gasteiger partial charge in [0, 0.05) is 13.6 Å². The minimum Gasteiger partial charge on any atom is -0.341 e. The Kier molecular flexibility index (Phi) is 5.24. The third-order valence-electron chi connectivity index (χ3n) is 4.18. The second kappa shape index (κ2) is 7.75. The predicted octanol–water partition coefficient (Wildman–Crippen LogP) is 4.69. The number of nitrogens with zero attached hydrogens (tertiary/aromatic N) is 1. The van der Waals surface area contributed by atoms with Crippen molar-refractivity contribution >= 4 is 5.91 Å². The molecule has 0 N–H and O–H groups in total. The number of hydrogen-bond donors (Lipinski definition) is 0. The van der Waals surface area contributed by atoms with Crippen LogP contribution in [0, 0.1) is 5.82 Å². The SMILES string of the molecule is CN(Cc1ccc(F)cc1)C(=O)Cc1ccc(-c2ccccc2)cc1. The minimum atomic E-state index is -0.267. The second-order valence-corrected chi connectivity index (χ2v) is 6.12. The number of rotatable bonds is 5. The van der Waals surface area contributed by atoms with Gasteiger partial charge in [-0.15, -0.1) is 0 Å². The normalized spacial score (nSPS) is 10.5. The molecule has 0 saturated carbocycles. The molecule has 3 aromatic carbocycles. The maximum absolute atomic E-state index is 12.9. The zero-order valence-electron chi connectivity index (χ0n) is 14.2. The highest BCUT2D eigenvalue weighted by atomic mass is 19.1. The van der Waals surface area contributed by atoms with Crippen LogP contribution in [0.2, 0.25) is 0 Å². The molecule has 0 bridgehead atoms. The molecular formula is C22H20FNO. The average molecular weight is 333 g/mol. The molecule has 3 heteroatoms. The topological polar surface area (TPSA) is 20.3 Å². The number of hydrogen-bond acceptors (Lipinski definition) is 1. The van der Waals surface area contributed by atoms with E-state index in [9.17, 15) is 9.18 Å². The smallest absolute Gasteiger partial charge is 0.227 e. The van der Waals surface area contributed by atoms with Crippen LogP contribution >= 0.6 is 0 Å². The maximum atomic E-state index is 12.9. The van der Waals surface area contributed by atoms with E-state index in [0.717, 1.165) is 22.3 Å². The highest BCUT2D eigenvalue weighted by molar-refractivity contribution is 5.78. The molecule has 126 valence electrons. The molecule has 1 amide bonds. The third-order valence-corrected chi connectivity index (χ3v) is 4.18. The van der Waals surface area contributed by atoms with Gasteiger partial charge in [0.25, 0.3) is 0 Å². The van der Waals surface area contributed by atoms with Crippen molar-refractivity contribution in [1.29, 1.82) is 0 Å². The van der Waals surface area contributed by atoms with Gasteiger partial charge in [0.05, 0.1) is 6.42 Å². The molecule has 2 nitrogen and oxygen atoms in total. The van der Waals surface area contributed by atoms with Crippen LogP contribution in [0.15, 0.2) is 78.9 Å². The first-order valence-electron chi connectivity index (χ1n) is 8.24. The van der Waals surface area contributed by atoms with Gasteiger partial charge in [0.2, 0.25) is 5.91 Å². The van der Waals surface area contributed by atoms with Crippen molar-refractivity contribution in [2.45, 2.75) is 13.0 Å². The van der Waals surface area contributed by atoms with Crippen LogP contribution in [-0.2, 0) is 17.8 Å². The van der Waals surface area contributed by atoms with Crippen LogP contribution in [0.4, 0.5) is 4.39 Å². The van der Waals surface area contributed by atoms with E-state index in [1.165, 1.54) is 12.1 Å². The van der Waals surface area contributed by atoms with E-state index < -0.39 is 0 Å². The first kappa shape index (κ1) is 16.9.